The van der Waals surface area contributed by atoms with Crippen LogP contribution in [0.3, 0.4) is 0 Å². The third kappa shape index (κ3) is 2.88. The van der Waals surface area contributed by atoms with E-state index >= 15 is 0 Å². The molecule has 0 saturated carbocycles. The molecular formula is C16H11BrF3NO. The number of alkyl halides is 3. The molecule has 0 bridgehead atoms. The number of hydrogen-bond donors (Lipinski definition) is 0. The van der Waals surface area contributed by atoms with Crippen LogP contribution in [0.25, 0.3) is 0 Å². The number of carbonyl (C=O) groups is 1. The van der Waals surface area contributed by atoms with E-state index < -0.39 is 11.7 Å². The summed E-state index contributed by atoms with van der Waals surface area (Å²) in [5, 5.41) is 0. The van der Waals surface area contributed by atoms with Crippen LogP contribution in [0.5, 0.6) is 0 Å². The molecule has 0 fully saturated rings. The Morgan fingerprint density at radius 3 is 2.41 bits per heavy atom. The van der Waals surface area contributed by atoms with Gasteiger partial charge in [-0.25, -0.2) is 0 Å². The molecule has 1 aliphatic rings. The van der Waals surface area contributed by atoms with E-state index in [2.05, 4.69) is 15.9 Å². The Labute approximate surface area is 133 Å². The first kappa shape index (κ1) is 15.1. The first-order chi connectivity index (χ1) is 10.3. The quantitative estimate of drug-likeness (QED) is 0.759. The molecular weight excluding hydrogens is 359 g/mol. The molecule has 1 heterocycles. The minimum absolute atomic E-state index is 0.0482. The summed E-state index contributed by atoms with van der Waals surface area (Å²) < 4.78 is 38.6. The second-order valence-corrected chi connectivity index (χ2v) is 6.04. The van der Waals surface area contributed by atoms with E-state index in [0.29, 0.717) is 12.0 Å². The highest BCUT2D eigenvalue weighted by Crippen LogP contribution is 2.33. The Kier molecular flexibility index (Phi) is 3.72. The molecule has 1 aliphatic heterocycles. The zero-order valence-corrected chi connectivity index (χ0v) is 12.9. The van der Waals surface area contributed by atoms with E-state index in [9.17, 15) is 18.0 Å². The molecule has 3 rings (SSSR count). The number of nitrogens with zero attached hydrogens (tertiary/aromatic N) is 1. The van der Waals surface area contributed by atoms with Crippen LogP contribution in [0, 0.1) is 0 Å². The SMILES string of the molecule is O=C1Cc2cc(Br)ccc2N1Cc1ccc(C(F)(F)F)cc1. The first-order valence-corrected chi connectivity index (χ1v) is 7.39. The first-order valence-electron chi connectivity index (χ1n) is 6.59. The van der Waals surface area contributed by atoms with Crippen molar-refractivity contribution < 1.29 is 18.0 Å². The van der Waals surface area contributed by atoms with Crippen molar-refractivity contribution in [3.63, 3.8) is 0 Å². The Hall–Kier alpha value is -1.82. The van der Waals surface area contributed by atoms with Gasteiger partial charge >= 0.3 is 6.18 Å². The van der Waals surface area contributed by atoms with Gasteiger partial charge in [0, 0.05) is 10.2 Å². The summed E-state index contributed by atoms with van der Waals surface area (Å²) in [5.41, 5.74) is 1.71. The van der Waals surface area contributed by atoms with Crippen molar-refractivity contribution in [1.82, 2.24) is 0 Å². The summed E-state index contributed by atoms with van der Waals surface area (Å²) in [5.74, 6) is -0.0482. The molecule has 0 unspecified atom stereocenters. The van der Waals surface area contributed by atoms with Crippen LogP contribution in [0.2, 0.25) is 0 Å². The van der Waals surface area contributed by atoms with E-state index in [-0.39, 0.29) is 12.5 Å². The maximum atomic E-state index is 12.6. The summed E-state index contributed by atoms with van der Waals surface area (Å²) in [4.78, 5) is 13.7. The summed E-state index contributed by atoms with van der Waals surface area (Å²) in [6, 6.07) is 10.5. The molecule has 0 aromatic heterocycles. The van der Waals surface area contributed by atoms with Gasteiger partial charge < -0.3 is 4.90 Å². The maximum Gasteiger partial charge on any atom is 0.416 e. The number of halogens is 4. The lowest BCUT2D eigenvalue weighted by atomic mass is 10.1. The number of fused-ring (bicyclic) bond motifs is 1. The van der Waals surface area contributed by atoms with Crippen molar-refractivity contribution in [1.29, 1.82) is 0 Å². The summed E-state index contributed by atoms with van der Waals surface area (Å²) >= 11 is 3.36. The molecule has 0 saturated heterocycles. The third-order valence-corrected chi connectivity index (χ3v) is 4.09. The van der Waals surface area contributed by atoms with Gasteiger partial charge in [-0.2, -0.15) is 13.2 Å². The summed E-state index contributed by atoms with van der Waals surface area (Å²) in [7, 11) is 0. The zero-order valence-electron chi connectivity index (χ0n) is 11.3. The fourth-order valence-corrected chi connectivity index (χ4v) is 2.92. The lowest BCUT2D eigenvalue weighted by molar-refractivity contribution is -0.137. The third-order valence-electron chi connectivity index (χ3n) is 3.60. The van der Waals surface area contributed by atoms with Crippen molar-refractivity contribution in [2.45, 2.75) is 19.1 Å². The van der Waals surface area contributed by atoms with Crippen LogP contribution in [0.1, 0.15) is 16.7 Å². The van der Waals surface area contributed by atoms with Gasteiger partial charge in [-0.3, -0.25) is 4.79 Å². The second-order valence-electron chi connectivity index (χ2n) is 5.12. The van der Waals surface area contributed by atoms with Crippen molar-refractivity contribution in [3.8, 4) is 0 Å². The van der Waals surface area contributed by atoms with Crippen LogP contribution in [0.15, 0.2) is 46.9 Å². The zero-order chi connectivity index (χ0) is 15.9. The molecule has 1 amide bonds. The normalized spacial score (nSPS) is 14.4. The fourth-order valence-electron chi connectivity index (χ4n) is 2.51. The highest BCUT2D eigenvalue weighted by Gasteiger charge is 2.31. The van der Waals surface area contributed by atoms with Gasteiger partial charge in [0.05, 0.1) is 18.5 Å². The monoisotopic (exact) mass is 369 g/mol. The molecule has 0 spiro atoms. The Balaban J connectivity index is 1.84. The summed E-state index contributed by atoms with van der Waals surface area (Å²) in [6.07, 6.45) is -4.03. The van der Waals surface area contributed by atoms with E-state index in [4.69, 9.17) is 0 Å². The number of carbonyl (C=O) groups excluding carboxylic acids is 1. The highest BCUT2D eigenvalue weighted by molar-refractivity contribution is 9.10. The van der Waals surface area contributed by atoms with Crippen molar-refractivity contribution in [2.24, 2.45) is 0 Å². The summed E-state index contributed by atoms with van der Waals surface area (Å²) in [6.45, 7) is 0.269. The number of amides is 1. The highest BCUT2D eigenvalue weighted by atomic mass is 79.9. The van der Waals surface area contributed by atoms with E-state index in [1.807, 2.05) is 18.2 Å². The lowest BCUT2D eigenvalue weighted by Crippen LogP contribution is -2.26. The van der Waals surface area contributed by atoms with Crippen LogP contribution in [-0.2, 0) is 23.9 Å². The van der Waals surface area contributed by atoms with E-state index in [1.165, 1.54) is 12.1 Å². The molecule has 2 aromatic carbocycles. The van der Waals surface area contributed by atoms with Crippen LogP contribution >= 0.6 is 15.9 Å². The minimum atomic E-state index is -4.35. The molecule has 2 nitrogen and oxygen atoms in total. The maximum absolute atomic E-state index is 12.6. The fraction of sp³-hybridized carbons (Fsp3) is 0.188. The van der Waals surface area contributed by atoms with E-state index in [0.717, 1.165) is 27.9 Å². The van der Waals surface area contributed by atoms with Gasteiger partial charge in [0.2, 0.25) is 5.91 Å². The molecule has 114 valence electrons. The van der Waals surface area contributed by atoms with Crippen molar-refractivity contribution in [3.05, 3.63) is 63.6 Å². The minimum Gasteiger partial charge on any atom is -0.307 e. The number of anilines is 1. The molecule has 2 aromatic rings. The standard InChI is InChI=1S/C16H11BrF3NO/c17-13-5-6-14-11(7-13)8-15(22)21(14)9-10-1-3-12(4-2-10)16(18,19)20/h1-7H,8-9H2. The average molecular weight is 370 g/mol. The topological polar surface area (TPSA) is 20.3 Å². The van der Waals surface area contributed by atoms with E-state index in [1.54, 1.807) is 4.90 Å². The van der Waals surface area contributed by atoms with Gasteiger partial charge in [-0.05, 0) is 41.5 Å². The Morgan fingerprint density at radius 2 is 1.77 bits per heavy atom. The average Bonchev–Trinajstić information content (AvgIpc) is 2.74. The number of rotatable bonds is 2. The molecule has 0 aliphatic carbocycles. The largest absolute Gasteiger partial charge is 0.416 e. The second kappa shape index (κ2) is 5.43. The van der Waals surface area contributed by atoms with Crippen LogP contribution in [0.4, 0.5) is 18.9 Å². The smallest absolute Gasteiger partial charge is 0.307 e. The molecule has 0 atom stereocenters. The number of hydrogen-bond acceptors (Lipinski definition) is 1. The molecule has 0 N–H and O–H groups in total. The van der Waals surface area contributed by atoms with Gasteiger partial charge in [-0.15, -0.1) is 0 Å². The van der Waals surface area contributed by atoms with Crippen LogP contribution in [-0.4, -0.2) is 5.91 Å². The lowest BCUT2D eigenvalue weighted by Gasteiger charge is -2.18. The van der Waals surface area contributed by atoms with Gasteiger partial charge in [0.25, 0.3) is 0 Å². The van der Waals surface area contributed by atoms with Gasteiger partial charge in [0.1, 0.15) is 0 Å². The molecule has 22 heavy (non-hydrogen) atoms. The van der Waals surface area contributed by atoms with Gasteiger partial charge in [0.15, 0.2) is 0 Å². The number of benzene rings is 2. The predicted molar refractivity (Wildman–Crippen MR) is 80.5 cm³/mol. The molecule has 6 heteroatoms. The predicted octanol–water partition coefficient (Wildman–Crippen LogP) is 4.56. The molecule has 0 radical (unpaired) electrons. The Bertz CT molecular complexity index is 725. The van der Waals surface area contributed by atoms with Crippen molar-refractivity contribution >= 4 is 27.5 Å². The van der Waals surface area contributed by atoms with Gasteiger partial charge in [-0.1, -0.05) is 28.1 Å². The Morgan fingerprint density at radius 1 is 1.09 bits per heavy atom. The van der Waals surface area contributed by atoms with Crippen molar-refractivity contribution in [2.75, 3.05) is 4.90 Å². The van der Waals surface area contributed by atoms with Crippen LogP contribution < -0.4 is 4.90 Å².